The molecule has 4 rings (SSSR count). The first-order valence-electron chi connectivity index (χ1n) is 9.19. The predicted octanol–water partition coefficient (Wildman–Crippen LogP) is 3.43. The number of fused-ring (bicyclic) bond motifs is 3. The van der Waals surface area contributed by atoms with Gasteiger partial charge in [0.15, 0.2) is 5.17 Å². The monoisotopic (exact) mass is 408 g/mol. The Morgan fingerprint density at radius 2 is 2.03 bits per heavy atom. The molecule has 2 aromatic rings. The summed E-state index contributed by atoms with van der Waals surface area (Å²) in [6.07, 6.45) is 0. The van der Waals surface area contributed by atoms with E-state index >= 15 is 0 Å². The van der Waals surface area contributed by atoms with Crippen molar-refractivity contribution in [2.75, 3.05) is 12.4 Å². The van der Waals surface area contributed by atoms with Gasteiger partial charge in [0, 0.05) is 17.3 Å². The van der Waals surface area contributed by atoms with E-state index in [9.17, 15) is 9.59 Å². The lowest BCUT2D eigenvalue weighted by molar-refractivity contribution is -0.124. The molecule has 0 radical (unpaired) electrons. The van der Waals surface area contributed by atoms with Crippen LogP contribution < -0.4 is 10.1 Å². The highest BCUT2D eigenvalue weighted by molar-refractivity contribution is 8.15. The molecule has 0 bridgehead atoms. The number of aliphatic imine (C=N–C) groups is 2. The number of hydrogen-bond acceptors (Lipinski definition) is 6. The van der Waals surface area contributed by atoms with Crippen LogP contribution in [0.5, 0.6) is 5.75 Å². The van der Waals surface area contributed by atoms with Gasteiger partial charge in [0.25, 0.3) is 5.91 Å². The van der Waals surface area contributed by atoms with Gasteiger partial charge >= 0.3 is 0 Å². The van der Waals surface area contributed by atoms with E-state index in [0.29, 0.717) is 22.4 Å². The van der Waals surface area contributed by atoms with Crippen molar-refractivity contribution >= 4 is 46.0 Å². The molecular weight excluding hydrogens is 388 g/mol. The number of amides is 2. The largest absolute Gasteiger partial charge is 0.497 e. The third kappa shape index (κ3) is 3.63. The fraction of sp³-hybridized carbons (Fsp3) is 0.238. The molecule has 148 valence electrons. The number of anilines is 1. The number of benzene rings is 2. The predicted molar refractivity (Wildman–Crippen MR) is 115 cm³/mol. The Kier molecular flexibility index (Phi) is 5.10. The summed E-state index contributed by atoms with van der Waals surface area (Å²) in [5, 5.41) is 2.86. The molecule has 2 aliphatic rings. The number of hydrogen-bond donors (Lipinski definition) is 1. The molecule has 0 saturated carbocycles. The van der Waals surface area contributed by atoms with E-state index in [2.05, 4.69) is 15.3 Å². The molecular formula is C21H20N4O3S. The number of methoxy groups -OCH3 is 1. The van der Waals surface area contributed by atoms with Gasteiger partial charge in [-0.2, -0.15) is 0 Å². The number of para-hydroxylation sites is 1. The molecule has 0 unspecified atom stereocenters. The number of nitrogens with one attached hydrogen (secondary N) is 1. The van der Waals surface area contributed by atoms with Crippen LogP contribution in [0.1, 0.15) is 19.4 Å². The Morgan fingerprint density at radius 3 is 2.83 bits per heavy atom. The average Bonchev–Trinajstić information content (AvgIpc) is 3.03. The maximum absolute atomic E-state index is 12.7. The van der Waals surface area contributed by atoms with Gasteiger partial charge in [-0.1, -0.05) is 30.0 Å². The number of thioether (sulfide) groups is 1. The first-order valence-corrected chi connectivity index (χ1v) is 10.1. The van der Waals surface area contributed by atoms with Crippen LogP contribution in [-0.4, -0.2) is 46.1 Å². The van der Waals surface area contributed by atoms with Gasteiger partial charge in [-0.15, -0.1) is 0 Å². The number of amidine groups is 2. The fourth-order valence-electron chi connectivity index (χ4n) is 3.11. The molecule has 8 heteroatoms. The average molecular weight is 408 g/mol. The standard InChI is InChI=1S/C21H20N4O3S/c1-12-20(27)25-18(22-12)16-9-4-5-10-17(16)24-21(25)29-13(2)19(26)23-14-7-6-8-15(11-14)28-3/h4-13H,1-3H3,(H,23,26)/t12-,13-/m1/s1. The number of nitrogens with zero attached hydrogens (tertiary/aromatic N) is 3. The van der Waals surface area contributed by atoms with E-state index in [1.807, 2.05) is 30.3 Å². The molecule has 29 heavy (non-hydrogen) atoms. The van der Waals surface area contributed by atoms with Crippen molar-refractivity contribution < 1.29 is 14.3 Å². The van der Waals surface area contributed by atoms with Gasteiger partial charge in [-0.25, -0.2) is 9.89 Å². The summed E-state index contributed by atoms with van der Waals surface area (Å²) in [4.78, 5) is 36.0. The SMILES string of the molecule is COc1cccc(NC(=O)[C@@H](C)SC2=Nc3ccccc3C3=N[C@H](C)C(=O)N23)c1. The van der Waals surface area contributed by atoms with E-state index in [-0.39, 0.29) is 11.8 Å². The molecule has 2 atom stereocenters. The first-order chi connectivity index (χ1) is 14.0. The summed E-state index contributed by atoms with van der Waals surface area (Å²) in [5.74, 6) is 0.925. The number of carbonyl (C=O) groups is 2. The molecule has 0 spiro atoms. The molecule has 2 aliphatic heterocycles. The summed E-state index contributed by atoms with van der Waals surface area (Å²) in [5.41, 5.74) is 2.21. The molecule has 0 fully saturated rings. The zero-order chi connectivity index (χ0) is 20.5. The second-order valence-corrected chi connectivity index (χ2v) is 8.00. The first kappa shape index (κ1) is 19.2. The molecule has 2 aromatic carbocycles. The van der Waals surface area contributed by atoms with Crippen LogP contribution in [0.15, 0.2) is 58.5 Å². The summed E-state index contributed by atoms with van der Waals surface area (Å²) >= 11 is 1.23. The third-order valence-corrected chi connectivity index (χ3v) is 5.70. The third-order valence-electron chi connectivity index (χ3n) is 4.65. The van der Waals surface area contributed by atoms with Crippen molar-refractivity contribution in [3.63, 3.8) is 0 Å². The smallest absolute Gasteiger partial charge is 0.258 e. The van der Waals surface area contributed by atoms with Gasteiger partial charge in [-0.3, -0.25) is 14.6 Å². The quantitative estimate of drug-likeness (QED) is 0.840. The van der Waals surface area contributed by atoms with Crippen LogP contribution in [0.25, 0.3) is 0 Å². The Bertz CT molecular complexity index is 1050. The van der Waals surface area contributed by atoms with Crippen molar-refractivity contribution in [1.82, 2.24) is 4.90 Å². The normalized spacial score (nSPS) is 18.4. The lowest BCUT2D eigenvalue weighted by Crippen LogP contribution is -2.41. The highest BCUT2D eigenvalue weighted by Gasteiger charge is 2.40. The molecule has 0 saturated heterocycles. The highest BCUT2D eigenvalue weighted by atomic mass is 32.2. The van der Waals surface area contributed by atoms with Crippen LogP contribution in [0, 0.1) is 0 Å². The van der Waals surface area contributed by atoms with Crippen molar-refractivity contribution in [3.8, 4) is 5.75 Å². The maximum Gasteiger partial charge on any atom is 0.258 e. The van der Waals surface area contributed by atoms with Crippen molar-refractivity contribution in [2.24, 2.45) is 9.98 Å². The lowest BCUT2D eigenvalue weighted by atomic mass is 10.1. The van der Waals surface area contributed by atoms with Crippen molar-refractivity contribution in [2.45, 2.75) is 25.1 Å². The van der Waals surface area contributed by atoms with Gasteiger partial charge in [-0.05, 0) is 38.1 Å². The molecule has 1 N–H and O–H groups in total. The van der Waals surface area contributed by atoms with Gasteiger partial charge in [0.2, 0.25) is 5.91 Å². The number of carbonyl (C=O) groups excluding carboxylic acids is 2. The van der Waals surface area contributed by atoms with E-state index in [1.54, 1.807) is 39.2 Å². The Balaban J connectivity index is 1.56. The molecule has 0 aromatic heterocycles. The van der Waals surface area contributed by atoms with Crippen LogP contribution in [-0.2, 0) is 9.59 Å². The van der Waals surface area contributed by atoms with Crippen LogP contribution in [0.2, 0.25) is 0 Å². The zero-order valence-electron chi connectivity index (χ0n) is 16.2. The minimum Gasteiger partial charge on any atom is -0.497 e. The summed E-state index contributed by atoms with van der Waals surface area (Å²) in [7, 11) is 1.58. The second kappa shape index (κ2) is 7.71. The van der Waals surface area contributed by atoms with E-state index < -0.39 is 11.3 Å². The molecule has 0 aliphatic carbocycles. The van der Waals surface area contributed by atoms with Gasteiger partial charge in [0.05, 0.1) is 18.0 Å². The molecule has 7 nitrogen and oxygen atoms in total. The van der Waals surface area contributed by atoms with E-state index in [0.717, 1.165) is 11.3 Å². The van der Waals surface area contributed by atoms with Gasteiger partial charge < -0.3 is 10.1 Å². The van der Waals surface area contributed by atoms with E-state index in [4.69, 9.17) is 4.74 Å². The van der Waals surface area contributed by atoms with Crippen LogP contribution in [0.4, 0.5) is 11.4 Å². The Morgan fingerprint density at radius 1 is 1.24 bits per heavy atom. The van der Waals surface area contributed by atoms with E-state index in [1.165, 1.54) is 16.7 Å². The maximum atomic E-state index is 12.7. The summed E-state index contributed by atoms with van der Waals surface area (Å²) in [6, 6.07) is 14.3. The minimum atomic E-state index is -0.477. The molecule has 2 heterocycles. The minimum absolute atomic E-state index is 0.138. The second-order valence-electron chi connectivity index (χ2n) is 6.70. The molecule has 2 amide bonds. The van der Waals surface area contributed by atoms with Crippen molar-refractivity contribution in [3.05, 3.63) is 54.1 Å². The fourth-order valence-corrected chi connectivity index (χ4v) is 4.03. The number of rotatable bonds is 4. The van der Waals surface area contributed by atoms with Crippen LogP contribution >= 0.6 is 11.8 Å². The highest BCUT2D eigenvalue weighted by Crippen LogP contribution is 2.34. The van der Waals surface area contributed by atoms with Crippen molar-refractivity contribution in [1.29, 1.82) is 0 Å². The number of ether oxygens (including phenoxy) is 1. The van der Waals surface area contributed by atoms with Crippen LogP contribution in [0.3, 0.4) is 0 Å². The zero-order valence-corrected chi connectivity index (χ0v) is 17.1. The van der Waals surface area contributed by atoms with Gasteiger partial charge in [0.1, 0.15) is 17.6 Å². The summed E-state index contributed by atoms with van der Waals surface area (Å²) in [6.45, 7) is 3.54. The Hall–Kier alpha value is -3.13. The Labute approximate surface area is 172 Å². The topological polar surface area (TPSA) is 83.4 Å². The lowest BCUT2D eigenvalue weighted by Gasteiger charge is -2.26. The summed E-state index contributed by atoms with van der Waals surface area (Å²) < 4.78 is 5.19.